The lowest BCUT2D eigenvalue weighted by Gasteiger charge is -2.35. The molecule has 0 aliphatic carbocycles. The predicted octanol–water partition coefficient (Wildman–Crippen LogP) is 1.07. The van der Waals surface area contributed by atoms with Gasteiger partial charge in [-0.25, -0.2) is 0 Å². The summed E-state index contributed by atoms with van der Waals surface area (Å²) in [4.78, 5) is 2.48. The standard InChI is InChI=1S/C12H22N4/c1-3-16-11(4-6-14-16)9-15-7-5-12(13)10(2)8-15/h4,6,10,12H,3,5,7-9,13H2,1-2H3. The summed E-state index contributed by atoms with van der Waals surface area (Å²) in [6.07, 6.45) is 3.00. The van der Waals surface area contributed by atoms with Crippen LogP contribution in [0.5, 0.6) is 0 Å². The van der Waals surface area contributed by atoms with Crippen molar-refractivity contribution in [2.75, 3.05) is 13.1 Å². The lowest BCUT2D eigenvalue weighted by atomic mass is 9.95. The van der Waals surface area contributed by atoms with E-state index in [9.17, 15) is 0 Å². The molecule has 1 aromatic rings. The highest BCUT2D eigenvalue weighted by Gasteiger charge is 2.23. The normalized spacial score (nSPS) is 27.2. The molecule has 0 bridgehead atoms. The molecular formula is C12H22N4. The Labute approximate surface area is 97.4 Å². The Kier molecular flexibility index (Phi) is 3.61. The zero-order valence-electron chi connectivity index (χ0n) is 10.3. The van der Waals surface area contributed by atoms with Crippen molar-refractivity contribution >= 4 is 0 Å². The Hall–Kier alpha value is -0.870. The van der Waals surface area contributed by atoms with E-state index in [4.69, 9.17) is 5.73 Å². The maximum Gasteiger partial charge on any atom is 0.0524 e. The van der Waals surface area contributed by atoms with Gasteiger partial charge in [0.15, 0.2) is 0 Å². The van der Waals surface area contributed by atoms with Crippen molar-refractivity contribution in [3.63, 3.8) is 0 Å². The smallest absolute Gasteiger partial charge is 0.0524 e. The van der Waals surface area contributed by atoms with Crippen LogP contribution >= 0.6 is 0 Å². The number of rotatable bonds is 3. The second-order valence-corrected chi connectivity index (χ2v) is 4.80. The van der Waals surface area contributed by atoms with Crippen LogP contribution in [-0.2, 0) is 13.1 Å². The first kappa shape index (κ1) is 11.6. The van der Waals surface area contributed by atoms with Gasteiger partial charge in [0.05, 0.1) is 5.69 Å². The van der Waals surface area contributed by atoms with Crippen LogP contribution in [0.4, 0.5) is 0 Å². The third kappa shape index (κ3) is 2.44. The van der Waals surface area contributed by atoms with Gasteiger partial charge in [-0.1, -0.05) is 6.92 Å². The van der Waals surface area contributed by atoms with Crippen LogP contribution in [-0.4, -0.2) is 33.8 Å². The molecule has 2 atom stereocenters. The summed E-state index contributed by atoms with van der Waals surface area (Å²) < 4.78 is 2.07. The Morgan fingerprint density at radius 2 is 2.38 bits per heavy atom. The first-order chi connectivity index (χ1) is 7.70. The van der Waals surface area contributed by atoms with Crippen molar-refractivity contribution in [2.24, 2.45) is 11.7 Å². The molecule has 2 unspecified atom stereocenters. The van der Waals surface area contributed by atoms with E-state index in [-0.39, 0.29) is 0 Å². The van der Waals surface area contributed by atoms with Crippen LogP contribution in [0.25, 0.3) is 0 Å². The minimum atomic E-state index is 0.382. The van der Waals surface area contributed by atoms with Crippen LogP contribution in [0.1, 0.15) is 26.0 Å². The van der Waals surface area contributed by atoms with E-state index in [1.165, 1.54) is 5.69 Å². The molecule has 1 aliphatic heterocycles. The molecule has 1 saturated heterocycles. The molecule has 0 amide bonds. The minimum absolute atomic E-state index is 0.382. The average molecular weight is 222 g/mol. The first-order valence-electron chi connectivity index (χ1n) is 6.19. The summed E-state index contributed by atoms with van der Waals surface area (Å²) in [5.41, 5.74) is 7.34. The highest BCUT2D eigenvalue weighted by Crippen LogP contribution is 2.17. The quantitative estimate of drug-likeness (QED) is 0.832. The molecule has 1 aromatic heterocycles. The van der Waals surface area contributed by atoms with Gasteiger partial charge in [-0.05, 0) is 25.3 Å². The second kappa shape index (κ2) is 4.97. The molecule has 2 heterocycles. The van der Waals surface area contributed by atoms with Gasteiger partial charge in [0.25, 0.3) is 0 Å². The molecule has 1 aliphatic rings. The Morgan fingerprint density at radius 3 is 3.06 bits per heavy atom. The monoisotopic (exact) mass is 222 g/mol. The van der Waals surface area contributed by atoms with Gasteiger partial charge >= 0.3 is 0 Å². The van der Waals surface area contributed by atoms with Crippen LogP contribution in [0.15, 0.2) is 12.3 Å². The fourth-order valence-electron chi connectivity index (χ4n) is 2.40. The highest BCUT2D eigenvalue weighted by atomic mass is 15.3. The average Bonchev–Trinajstić information content (AvgIpc) is 2.71. The predicted molar refractivity (Wildman–Crippen MR) is 64.9 cm³/mol. The fraction of sp³-hybridized carbons (Fsp3) is 0.750. The van der Waals surface area contributed by atoms with E-state index in [2.05, 4.69) is 34.6 Å². The van der Waals surface area contributed by atoms with Gasteiger partial charge in [0, 0.05) is 38.4 Å². The van der Waals surface area contributed by atoms with Crippen molar-refractivity contribution in [1.29, 1.82) is 0 Å². The van der Waals surface area contributed by atoms with E-state index in [0.717, 1.165) is 32.6 Å². The molecule has 90 valence electrons. The number of aryl methyl sites for hydroxylation is 1. The van der Waals surface area contributed by atoms with E-state index < -0.39 is 0 Å². The van der Waals surface area contributed by atoms with Gasteiger partial charge < -0.3 is 5.73 Å². The van der Waals surface area contributed by atoms with E-state index in [1.54, 1.807) is 0 Å². The molecule has 4 heteroatoms. The summed E-state index contributed by atoms with van der Waals surface area (Å²) in [6.45, 7) is 8.55. The van der Waals surface area contributed by atoms with E-state index >= 15 is 0 Å². The number of nitrogens with two attached hydrogens (primary N) is 1. The van der Waals surface area contributed by atoms with E-state index in [1.807, 2.05) is 6.20 Å². The molecule has 0 saturated carbocycles. The van der Waals surface area contributed by atoms with Gasteiger partial charge in [-0.15, -0.1) is 0 Å². The third-order valence-corrected chi connectivity index (χ3v) is 3.55. The van der Waals surface area contributed by atoms with E-state index in [0.29, 0.717) is 12.0 Å². The van der Waals surface area contributed by atoms with Gasteiger partial charge in [-0.2, -0.15) is 5.10 Å². The van der Waals surface area contributed by atoms with Crippen molar-refractivity contribution in [3.8, 4) is 0 Å². The Bertz CT molecular complexity index is 334. The number of nitrogens with zero attached hydrogens (tertiary/aromatic N) is 3. The molecule has 2 rings (SSSR count). The molecule has 0 spiro atoms. The minimum Gasteiger partial charge on any atom is -0.327 e. The third-order valence-electron chi connectivity index (χ3n) is 3.55. The summed E-state index contributed by atoms with van der Waals surface area (Å²) in [7, 11) is 0. The van der Waals surface area contributed by atoms with Gasteiger partial charge in [-0.3, -0.25) is 9.58 Å². The van der Waals surface area contributed by atoms with Crippen molar-refractivity contribution in [2.45, 2.75) is 39.4 Å². The van der Waals surface area contributed by atoms with Crippen LogP contribution in [0, 0.1) is 5.92 Å². The maximum atomic E-state index is 6.03. The molecule has 0 aromatic carbocycles. The van der Waals surface area contributed by atoms with Crippen molar-refractivity contribution < 1.29 is 0 Å². The van der Waals surface area contributed by atoms with Gasteiger partial charge in [0.2, 0.25) is 0 Å². The molecule has 2 N–H and O–H groups in total. The second-order valence-electron chi connectivity index (χ2n) is 4.80. The number of likely N-dealkylation sites (tertiary alicyclic amines) is 1. The SMILES string of the molecule is CCn1nccc1CN1CCC(N)C(C)C1. The largest absolute Gasteiger partial charge is 0.327 e. The van der Waals surface area contributed by atoms with Crippen molar-refractivity contribution in [1.82, 2.24) is 14.7 Å². The van der Waals surface area contributed by atoms with Gasteiger partial charge in [0.1, 0.15) is 0 Å². The summed E-state index contributed by atoms with van der Waals surface area (Å²) in [6, 6.07) is 2.50. The summed E-state index contributed by atoms with van der Waals surface area (Å²) in [5.74, 6) is 0.603. The number of hydrogen-bond donors (Lipinski definition) is 1. The first-order valence-corrected chi connectivity index (χ1v) is 6.19. The summed E-state index contributed by atoms with van der Waals surface area (Å²) >= 11 is 0. The number of aromatic nitrogens is 2. The Balaban J connectivity index is 1.95. The molecule has 1 fully saturated rings. The number of hydrogen-bond acceptors (Lipinski definition) is 3. The lowest BCUT2D eigenvalue weighted by molar-refractivity contribution is 0.154. The fourth-order valence-corrected chi connectivity index (χ4v) is 2.40. The number of piperidine rings is 1. The molecule has 4 nitrogen and oxygen atoms in total. The topological polar surface area (TPSA) is 47.1 Å². The highest BCUT2D eigenvalue weighted by molar-refractivity contribution is 5.01. The van der Waals surface area contributed by atoms with Crippen LogP contribution < -0.4 is 5.73 Å². The molecular weight excluding hydrogens is 200 g/mol. The molecule has 16 heavy (non-hydrogen) atoms. The maximum absolute atomic E-state index is 6.03. The summed E-state index contributed by atoms with van der Waals surface area (Å²) in [5, 5.41) is 4.30. The zero-order valence-corrected chi connectivity index (χ0v) is 10.3. The lowest BCUT2D eigenvalue weighted by Crippen LogP contribution is -2.45. The van der Waals surface area contributed by atoms with Crippen molar-refractivity contribution in [3.05, 3.63) is 18.0 Å². The molecule has 0 radical (unpaired) electrons. The van der Waals surface area contributed by atoms with Crippen LogP contribution in [0.3, 0.4) is 0 Å². The zero-order chi connectivity index (χ0) is 11.5. The Morgan fingerprint density at radius 1 is 1.56 bits per heavy atom. The van der Waals surface area contributed by atoms with Crippen LogP contribution in [0.2, 0.25) is 0 Å².